The first kappa shape index (κ1) is 16.7. The predicted molar refractivity (Wildman–Crippen MR) is 75.9 cm³/mol. The van der Waals surface area contributed by atoms with Gasteiger partial charge in [-0.15, -0.1) is 6.58 Å². The van der Waals surface area contributed by atoms with Gasteiger partial charge >= 0.3 is 0 Å². The largest absolute Gasteiger partial charge is 0.248 e. The van der Waals surface area contributed by atoms with Crippen molar-refractivity contribution in [3.63, 3.8) is 0 Å². The quantitative estimate of drug-likeness (QED) is 0.507. The van der Waals surface area contributed by atoms with Crippen molar-refractivity contribution in [2.75, 3.05) is 0 Å². The van der Waals surface area contributed by atoms with Gasteiger partial charge in [0, 0.05) is 0 Å². The van der Waals surface area contributed by atoms with Gasteiger partial charge in [-0.2, -0.15) is 0 Å². The maximum Gasteiger partial charge on any atom is 0.0998 e. The average Bonchev–Trinajstić information content (AvgIpc) is 2.21. The van der Waals surface area contributed by atoms with Crippen LogP contribution in [0.2, 0.25) is 0 Å². The molecule has 0 aliphatic heterocycles. The van der Waals surface area contributed by atoms with E-state index >= 15 is 0 Å². The maximum atomic E-state index is 13.0. The molecule has 0 heterocycles. The minimum absolute atomic E-state index is 0.186. The fourth-order valence-corrected chi connectivity index (χ4v) is 2.12. The molecule has 4 atom stereocenters. The zero-order valence-corrected chi connectivity index (χ0v) is 12.6. The van der Waals surface area contributed by atoms with E-state index in [2.05, 4.69) is 40.3 Å². The lowest BCUT2D eigenvalue weighted by Gasteiger charge is -2.33. The zero-order chi connectivity index (χ0) is 13.6. The topological polar surface area (TPSA) is 0 Å². The summed E-state index contributed by atoms with van der Waals surface area (Å²) < 4.78 is 13.0. The highest BCUT2D eigenvalue weighted by Crippen LogP contribution is 2.35. The van der Waals surface area contributed by atoms with Crippen LogP contribution in [0.25, 0.3) is 0 Å². The van der Waals surface area contributed by atoms with Gasteiger partial charge in [0.25, 0.3) is 0 Å². The van der Waals surface area contributed by atoms with Crippen LogP contribution in [-0.2, 0) is 0 Å². The van der Waals surface area contributed by atoms with Gasteiger partial charge in [0.2, 0.25) is 0 Å². The Labute approximate surface area is 108 Å². The molecule has 0 aliphatic rings. The number of allylic oxidation sites excluding steroid dienone is 1. The minimum atomic E-state index is -0.683. The van der Waals surface area contributed by atoms with E-state index in [1.165, 1.54) is 0 Å². The fourth-order valence-electron chi connectivity index (χ4n) is 2.12. The fraction of sp³-hybridized carbons (Fsp3) is 0.875. The Morgan fingerprint density at radius 2 is 1.65 bits per heavy atom. The van der Waals surface area contributed by atoms with Gasteiger partial charge < -0.3 is 0 Å². The van der Waals surface area contributed by atoms with Gasteiger partial charge in [-0.3, -0.25) is 0 Å². The number of alkyl halides is 1. The molecule has 0 spiro atoms. The molecular weight excluding hydrogens is 211 g/mol. The lowest BCUT2D eigenvalue weighted by Crippen LogP contribution is -2.24. The summed E-state index contributed by atoms with van der Waals surface area (Å²) in [6, 6.07) is 0. The second-order valence-corrected chi connectivity index (χ2v) is 6.64. The molecular formula is C16H31F. The van der Waals surface area contributed by atoms with Gasteiger partial charge in [0.05, 0.1) is 6.17 Å². The molecule has 0 rings (SSSR count). The van der Waals surface area contributed by atoms with Crippen molar-refractivity contribution in [1.29, 1.82) is 0 Å². The molecule has 102 valence electrons. The van der Waals surface area contributed by atoms with Crippen LogP contribution in [0.5, 0.6) is 0 Å². The molecule has 0 saturated carbocycles. The highest BCUT2D eigenvalue weighted by atomic mass is 19.1. The van der Waals surface area contributed by atoms with Crippen molar-refractivity contribution < 1.29 is 4.39 Å². The van der Waals surface area contributed by atoms with Crippen LogP contribution in [0.4, 0.5) is 4.39 Å². The van der Waals surface area contributed by atoms with E-state index in [-0.39, 0.29) is 5.92 Å². The minimum Gasteiger partial charge on any atom is -0.248 e. The molecule has 0 aromatic rings. The molecule has 0 saturated heterocycles. The molecule has 0 aromatic carbocycles. The first-order valence-corrected chi connectivity index (χ1v) is 6.96. The van der Waals surface area contributed by atoms with Crippen molar-refractivity contribution in [2.45, 2.75) is 67.0 Å². The molecule has 17 heavy (non-hydrogen) atoms. The average molecular weight is 242 g/mol. The van der Waals surface area contributed by atoms with Crippen LogP contribution in [0.1, 0.15) is 60.8 Å². The Morgan fingerprint density at radius 1 is 1.12 bits per heavy atom. The zero-order valence-electron chi connectivity index (χ0n) is 12.6. The van der Waals surface area contributed by atoms with E-state index in [0.717, 1.165) is 19.3 Å². The van der Waals surface area contributed by atoms with E-state index in [1.807, 2.05) is 6.92 Å². The number of rotatable bonds is 7. The normalized spacial score (nSPS) is 19.5. The Kier molecular flexibility index (Phi) is 7.04. The summed E-state index contributed by atoms with van der Waals surface area (Å²) in [5.41, 5.74) is 0.317. The van der Waals surface area contributed by atoms with Crippen molar-refractivity contribution in [3.05, 3.63) is 12.7 Å². The van der Waals surface area contributed by atoms with Crippen LogP contribution < -0.4 is 0 Å². The molecule has 0 amide bonds. The maximum absolute atomic E-state index is 13.0. The summed E-state index contributed by atoms with van der Waals surface area (Å²) in [7, 11) is 0. The predicted octanol–water partition coefficient (Wildman–Crippen LogP) is 5.64. The summed E-state index contributed by atoms with van der Waals surface area (Å²) in [4.78, 5) is 0. The highest BCUT2D eigenvalue weighted by Gasteiger charge is 2.26. The highest BCUT2D eigenvalue weighted by molar-refractivity contribution is 4.88. The van der Waals surface area contributed by atoms with Gasteiger partial charge in [0.15, 0.2) is 0 Å². The molecule has 1 unspecified atom stereocenters. The molecule has 0 nitrogen and oxygen atoms in total. The standard InChI is InChI=1S/C16H31F/c1-8-15(13(3)16(5,6)7)11-9-10-12(2)14(4)17/h8,12-15H,1,9-11H2,2-7H3/t12-,13-,14+,15?/m1/s1. The van der Waals surface area contributed by atoms with Crippen molar-refractivity contribution in [3.8, 4) is 0 Å². The molecule has 1 heteroatoms. The SMILES string of the molecule is C=CC(CCC[C@@H](C)[C@H](C)F)[C@@H](C)C(C)(C)C. The molecule has 0 N–H and O–H groups in total. The number of hydrogen-bond acceptors (Lipinski definition) is 0. The van der Waals surface area contributed by atoms with Gasteiger partial charge in [-0.1, -0.05) is 47.1 Å². The second-order valence-electron chi connectivity index (χ2n) is 6.64. The number of hydrogen-bond donors (Lipinski definition) is 0. The first-order valence-electron chi connectivity index (χ1n) is 6.96. The third-order valence-electron chi connectivity index (χ3n) is 4.29. The van der Waals surface area contributed by atoms with E-state index in [0.29, 0.717) is 17.3 Å². The van der Waals surface area contributed by atoms with Crippen LogP contribution in [0.3, 0.4) is 0 Å². The Hall–Kier alpha value is -0.330. The molecule has 0 aliphatic carbocycles. The van der Waals surface area contributed by atoms with Crippen LogP contribution in [0, 0.1) is 23.2 Å². The molecule has 0 bridgehead atoms. The lowest BCUT2D eigenvalue weighted by molar-refractivity contribution is 0.188. The summed E-state index contributed by atoms with van der Waals surface area (Å²) in [5.74, 6) is 1.36. The van der Waals surface area contributed by atoms with Crippen LogP contribution >= 0.6 is 0 Å². The Bertz CT molecular complexity index is 212. The summed E-state index contributed by atoms with van der Waals surface area (Å²) >= 11 is 0. The summed E-state index contributed by atoms with van der Waals surface area (Å²) in [6.07, 6.45) is 4.63. The van der Waals surface area contributed by atoms with Gasteiger partial charge in [0.1, 0.15) is 0 Å². The van der Waals surface area contributed by atoms with Gasteiger partial charge in [-0.05, 0) is 42.9 Å². The second kappa shape index (κ2) is 7.18. The van der Waals surface area contributed by atoms with Crippen molar-refractivity contribution in [1.82, 2.24) is 0 Å². The summed E-state index contributed by atoms with van der Waals surface area (Å²) in [6.45, 7) is 16.7. The van der Waals surface area contributed by atoms with Crippen molar-refractivity contribution in [2.24, 2.45) is 23.2 Å². The molecule has 0 radical (unpaired) electrons. The third kappa shape index (κ3) is 6.24. The summed E-state index contributed by atoms with van der Waals surface area (Å²) in [5, 5.41) is 0. The van der Waals surface area contributed by atoms with Gasteiger partial charge in [-0.25, -0.2) is 4.39 Å². The molecule has 0 aromatic heterocycles. The first-order chi connectivity index (χ1) is 7.70. The van der Waals surface area contributed by atoms with E-state index < -0.39 is 6.17 Å². The number of halogens is 1. The van der Waals surface area contributed by atoms with E-state index in [9.17, 15) is 4.39 Å². The third-order valence-corrected chi connectivity index (χ3v) is 4.29. The lowest BCUT2D eigenvalue weighted by atomic mass is 9.72. The van der Waals surface area contributed by atoms with Crippen molar-refractivity contribution >= 4 is 0 Å². The smallest absolute Gasteiger partial charge is 0.0998 e. The molecule has 0 fully saturated rings. The van der Waals surface area contributed by atoms with E-state index in [1.54, 1.807) is 6.92 Å². The van der Waals surface area contributed by atoms with Crippen LogP contribution in [0.15, 0.2) is 12.7 Å². The Morgan fingerprint density at radius 3 is 2.00 bits per heavy atom. The van der Waals surface area contributed by atoms with Crippen LogP contribution in [-0.4, -0.2) is 6.17 Å². The Balaban J connectivity index is 4.12. The van der Waals surface area contributed by atoms with E-state index in [4.69, 9.17) is 0 Å². The monoisotopic (exact) mass is 242 g/mol.